The summed E-state index contributed by atoms with van der Waals surface area (Å²) < 4.78 is 5.40. The molecule has 0 bridgehead atoms. The number of aromatic nitrogens is 1. The molecule has 0 fully saturated rings. The van der Waals surface area contributed by atoms with Gasteiger partial charge in [0, 0.05) is 23.1 Å². The second kappa shape index (κ2) is 7.95. The number of aromatic amines is 1. The first kappa shape index (κ1) is 18.5. The van der Waals surface area contributed by atoms with Gasteiger partial charge >= 0.3 is 0 Å². The molecular weight excluding hydrogens is 342 g/mol. The van der Waals surface area contributed by atoms with E-state index in [9.17, 15) is 9.59 Å². The second-order valence-electron chi connectivity index (χ2n) is 6.45. The first-order valence-corrected chi connectivity index (χ1v) is 8.87. The zero-order valence-corrected chi connectivity index (χ0v) is 15.7. The summed E-state index contributed by atoms with van der Waals surface area (Å²) >= 11 is 0. The number of anilines is 1. The molecule has 0 saturated carbocycles. The summed E-state index contributed by atoms with van der Waals surface area (Å²) in [6.45, 7) is 6.45. The number of hydrogen-bond acceptors (Lipinski definition) is 3. The van der Waals surface area contributed by atoms with E-state index in [-0.39, 0.29) is 18.4 Å². The van der Waals surface area contributed by atoms with Crippen molar-refractivity contribution in [2.75, 3.05) is 18.5 Å². The lowest BCUT2D eigenvalue weighted by molar-refractivity contribution is -0.122. The third kappa shape index (κ3) is 4.47. The molecule has 2 amide bonds. The second-order valence-corrected chi connectivity index (χ2v) is 6.45. The molecule has 0 aliphatic rings. The molecule has 6 heteroatoms. The molecule has 3 rings (SSSR count). The fourth-order valence-electron chi connectivity index (χ4n) is 2.95. The summed E-state index contributed by atoms with van der Waals surface area (Å²) in [5, 5.41) is 6.57. The zero-order valence-electron chi connectivity index (χ0n) is 15.7. The summed E-state index contributed by atoms with van der Waals surface area (Å²) in [5.74, 6) is 0.189. The van der Waals surface area contributed by atoms with Gasteiger partial charge in [-0.2, -0.15) is 0 Å². The van der Waals surface area contributed by atoms with Crippen molar-refractivity contribution in [2.24, 2.45) is 0 Å². The Bertz CT molecular complexity index is 974. The van der Waals surface area contributed by atoms with Crippen LogP contribution in [0.1, 0.15) is 28.5 Å². The van der Waals surface area contributed by atoms with Gasteiger partial charge in [-0.25, -0.2) is 0 Å². The van der Waals surface area contributed by atoms with E-state index in [0.717, 1.165) is 22.0 Å². The Labute approximate surface area is 157 Å². The molecule has 6 nitrogen and oxygen atoms in total. The molecule has 27 heavy (non-hydrogen) atoms. The number of likely N-dealkylation sites (N-methyl/N-ethyl adjacent to an activating group) is 1. The van der Waals surface area contributed by atoms with E-state index in [2.05, 4.69) is 21.7 Å². The highest BCUT2D eigenvalue weighted by molar-refractivity contribution is 6.06. The van der Waals surface area contributed by atoms with E-state index < -0.39 is 0 Å². The largest absolute Gasteiger partial charge is 0.484 e. The number of hydrogen-bond donors (Lipinski definition) is 3. The van der Waals surface area contributed by atoms with Crippen LogP contribution in [0, 0.1) is 13.8 Å². The normalized spacial score (nSPS) is 10.6. The monoisotopic (exact) mass is 365 g/mol. The summed E-state index contributed by atoms with van der Waals surface area (Å²) in [6.07, 6.45) is 0. The molecule has 0 spiro atoms. The Morgan fingerprint density at radius 1 is 1.07 bits per heavy atom. The van der Waals surface area contributed by atoms with Crippen LogP contribution >= 0.6 is 0 Å². The van der Waals surface area contributed by atoms with Gasteiger partial charge in [-0.05, 0) is 68.3 Å². The minimum Gasteiger partial charge on any atom is -0.484 e. The number of aryl methyl sites for hydroxylation is 2. The molecular formula is C21H23N3O3. The van der Waals surface area contributed by atoms with Gasteiger partial charge < -0.3 is 20.4 Å². The smallest absolute Gasteiger partial charge is 0.272 e. The highest BCUT2D eigenvalue weighted by atomic mass is 16.5. The molecule has 1 heterocycles. The van der Waals surface area contributed by atoms with E-state index in [1.54, 1.807) is 24.3 Å². The van der Waals surface area contributed by atoms with Gasteiger partial charge in [-0.3, -0.25) is 9.59 Å². The Hall–Kier alpha value is -3.28. The van der Waals surface area contributed by atoms with Crippen molar-refractivity contribution in [3.8, 4) is 5.75 Å². The van der Waals surface area contributed by atoms with Crippen LogP contribution < -0.4 is 15.4 Å². The molecule has 3 N–H and O–H groups in total. The van der Waals surface area contributed by atoms with Gasteiger partial charge in [0.25, 0.3) is 11.8 Å². The van der Waals surface area contributed by atoms with Crippen molar-refractivity contribution in [1.82, 2.24) is 10.3 Å². The standard InChI is InChI=1S/C21H23N3O3/c1-4-22-20(25)12-27-16-7-5-15(6-8-16)23-21(26)19-11-17-14(3)9-13(2)10-18(17)24-19/h5-11,24H,4,12H2,1-3H3,(H,22,25)(H,23,26). The molecule has 0 aliphatic carbocycles. The van der Waals surface area contributed by atoms with Gasteiger partial charge in [0.05, 0.1) is 0 Å². The maximum atomic E-state index is 12.5. The molecule has 140 valence electrons. The van der Waals surface area contributed by atoms with Gasteiger partial charge in [0.15, 0.2) is 6.61 Å². The molecule has 0 saturated heterocycles. The Morgan fingerprint density at radius 3 is 2.52 bits per heavy atom. The predicted molar refractivity (Wildman–Crippen MR) is 106 cm³/mol. The molecule has 0 aliphatic heterocycles. The predicted octanol–water partition coefficient (Wildman–Crippen LogP) is 3.55. The van der Waals surface area contributed by atoms with Crippen molar-refractivity contribution in [3.63, 3.8) is 0 Å². The van der Waals surface area contributed by atoms with Crippen LogP contribution in [-0.4, -0.2) is 29.9 Å². The minimum atomic E-state index is -0.209. The Kier molecular flexibility index (Phi) is 5.45. The van der Waals surface area contributed by atoms with Crippen molar-refractivity contribution < 1.29 is 14.3 Å². The van der Waals surface area contributed by atoms with Gasteiger partial charge in [0.2, 0.25) is 0 Å². The van der Waals surface area contributed by atoms with Gasteiger partial charge in [-0.1, -0.05) is 6.07 Å². The lowest BCUT2D eigenvalue weighted by Crippen LogP contribution is -2.28. The number of fused-ring (bicyclic) bond motifs is 1. The molecule has 0 unspecified atom stereocenters. The Morgan fingerprint density at radius 2 is 1.81 bits per heavy atom. The van der Waals surface area contributed by atoms with Crippen molar-refractivity contribution in [1.29, 1.82) is 0 Å². The summed E-state index contributed by atoms with van der Waals surface area (Å²) in [5.41, 5.74) is 4.39. The number of rotatable bonds is 6. The number of nitrogens with one attached hydrogen (secondary N) is 3. The SMILES string of the molecule is CCNC(=O)COc1ccc(NC(=O)c2cc3c(C)cc(C)cc3[nH]2)cc1. The maximum absolute atomic E-state index is 12.5. The molecule has 0 atom stereocenters. The van der Waals surface area contributed by atoms with Crippen LogP contribution in [0.25, 0.3) is 10.9 Å². The first-order chi connectivity index (χ1) is 13.0. The number of carbonyl (C=O) groups is 2. The number of carbonyl (C=O) groups excluding carboxylic acids is 2. The quantitative estimate of drug-likeness (QED) is 0.625. The van der Waals surface area contributed by atoms with Crippen LogP contribution in [0.3, 0.4) is 0 Å². The van der Waals surface area contributed by atoms with Gasteiger partial charge in [-0.15, -0.1) is 0 Å². The van der Waals surface area contributed by atoms with Crippen LogP contribution in [0.4, 0.5) is 5.69 Å². The summed E-state index contributed by atoms with van der Waals surface area (Å²) in [4.78, 5) is 27.1. The number of H-pyrrole nitrogens is 1. The van der Waals surface area contributed by atoms with Crippen LogP contribution in [0.15, 0.2) is 42.5 Å². The highest BCUT2D eigenvalue weighted by Gasteiger charge is 2.11. The average Bonchev–Trinajstić information content (AvgIpc) is 3.06. The fraction of sp³-hybridized carbons (Fsp3) is 0.238. The van der Waals surface area contributed by atoms with Crippen LogP contribution in [0.5, 0.6) is 5.75 Å². The lowest BCUT2D eigenvalue weighted by atomic mass is 10.1. The van der Waals surface area contributed by atoms with E-state index in [4.69, 9.17) is 4.74 Å². The van der Waals surface area contributed by atoms with E-state index in [0.29, 0.717) is 23.7 Å². The number of ether oxygens (including phenoxy) is 1. The third-order valence-corrected chi connectivity index (χ3v) is 4.19. The fourth-order valence-corrected chi connectivity index (χ4v) is 2.95. The van der Waals surface area contributed by atoms with Crippen molar-refractivity contribution in [2.45, 2.75) is 20.8 Å². The van der Waals surface area contributed by atoms with E-state index >= 15 is 0 Å². The average molecular weight is 365 g/mol. The van der Waals surface area contributed by atoms with Crippen LogP contribution in [0.2, 0.25) is 0 Å². The molecule has 0 radical (unpaired) electrons. The van der Waals surface area contributed by atoms with Crippen LogP contribution in [-0.2, 0) is 4.79 Å². The topological polar surface area (TPSA) is 83.2 Å². The van der Waals surface area contributed by atoms with Crippen molar-refractivity contribution >= 4 is 28.4 Å². The summed E-state index contributed by atoms with van der Waals surface area (Å²) in [6, 6.07) is 12.9. The van der Waals surface area contributed by atoms with Crippen molar-refractivity contribution in [3.05, 3.63) is 59.3 Å². The van der Waals surface area contributed by atoms with E-state index in [1.165, 1.54) is 0 Å². The number of benzene rings is 2. The first-order valence-electron chi connectivity index (χ1n) is 8.87. The minimum absolute atomic E-state index is 0.0343. The number of amides is 2. The van der Waals surface area contributed by atoms with Gasteiger partial charge in [0.1, 0.15) is 11.4 Å². The molecule has 1 aromatic heterocycles. The maximum Gasteiger partial charge on any atom is 0.272 e. The molecule has 3 aromatic rings. The third-order valence-electron chi connectivity index (χ3n) is 4.19. The zero-order chi connectivity index (χ0) is 19.4. The van der Waals surface area contributed by atoms with E-state index in [1.807, 2.05) is 32.9 Å². The Balaban J connectivity index is 1.66. The summed E-state index contributed by atoms with van der Waals surface area (Å²) in [7, 11) is 0. The molecule has 2 aromatic carbocycles. The highest BCUT2D eigenvalue weighted by Crippen LogP contribution is 2.22. The lowest BCUT2D eigenvalue weighted by Gasteiger charge is -2.08.